The van der Waals surface area contributed by atoms with Crippen molar-refractivity contribution in [2.45, 2.75) is 19.9 Å². The second-order valence-electron chi connectivity index (χ2n) is 5.30. The van der Waals surface area contributed by atoms with Gasteiger partial charge in [-0.1, -0.05) is 0 Å². The Labute approximate surface area is 124 Å². The number of anilines is 1. The van der Waals surface area contributed by atoms with Crippen LogP contribution in [-0.2, 0) is 0 Å². The van der Waals surface area contributed by atoms with Gasteiger partial charge in [-0.2, -0.15) is 5.10 Å². The van der Waals surface area contributed by atoms with Crippen molar-refractivity contribution in [1.82, 2.24) is 14.7 Å². The molecule has 0 saturated heterocycles. The highest BCUT2D eigenvalue weighted by molar-refractivity contribution is 5.94. The van der Waals surface area contributed by atoms with Gasteiger partial charge < -0.3 is 15.4 Å². The summed E-state index contributed by atoms with van der Waals surface area (Å²) >= 11 is 0. The van der Waals surface area contributed by atoms with Gasteiger partial charge in [0.1, 0.15) is 0 Å². The minimum absolute atomic E-state index is 0.0993. The van der Waals surface area contributed by atoms with Gasteiger partial charge in [0.2, 0.25) is 0 Å². The van der Waals surface area contributed by atoms with Crippen LogP contribution in [0.1, 0.15) is 30.2 Å². The van der Waals surface area contributed by atoms with Gasteiger partial charge >= 0.3 is 0 Å². The number of nitrogen functional groups attached to an aromatic ring is 1. The van der Waals surface area contributed by atoms with Gasteiger partial charge in [0, 0.05) is 25.7 Å². The van der Waals surface area contributed by atoms with Crippen LogP contribution >= 0.6 is 0 Å². The summed E-state index contributed by atoms with van der Waals surface area (Å²) in [6, 6.07) is 5.24. The maximum absolute atomic E-state index is 12.0. The molecule has 6 nitrogen and oxygen atoms in total. The summed E-state index contributed by atoms with van der Waals surface area (Å²) in [7, 11) is 3.40. The Hall–Kier alpha value is -2.50. The van der Waals surface area contributed by atoms with Crippen LogP contribution in [0.25, 0.3) is 0 Å². The van der Waals surface area contributed by atoms with Crippen LogP contribution < -0.4 is 10.5 Å². The summed E-state index contributed by atoms with van der Waals surface area (Å²) in [6.07, 6.45) is 3.42. The van der Waals surface area contributed by atoms with E-state index in [1.165, 1.54) is 4.90 Å². The van der Waals surface area contributed by atoms with E-state index in [2.05, 4.69) is 5.10 Å². The predicted octanol–water partition coefficient (Wildman–Crippen LogP) is 2.54. The molecule has 0 aliphatic heterocycles. The first kappa shape index (κ1) is 14.9. The fraction of sp³-hybridized carbons (Fsp3) is 0.333. The van der Waals surface area contributed by atoms with Gasteiger partial charge in [-0.3, -0.25) is 9.48 Å². The van der Waals surface area contributed by atoms with E-state index in [1.54, 1.807) is 49.4 Å². The normalized spacial score (nSPS) is 10.7. The number of nitrogens with two attached hydrogens (primary N) is 1. The molecule has 0 spiro atoms. The Kier molecular flexibility index (Phi) is 4.16. The first-order valence-corrected chi connectivity index (χ1v) is 6.71. The van der Waals surface area contributed by atoms with Crippen LogP contribution in [-0.4, -0.2) is 34.7 Å². The van der Waals surface area contributed by atoms with Crippen molar-refractivity contribution < 1.29 is 9.53 Å². The lowest BCUT2D eigenvalue weighted by molar-refractivity contribution is 0.0827. The highest BCUT2D eigenvalue weighted by Crippen LogP contribution is 2.29. The van der Waals surface area contributed by atoms with Crippen molar-refractivity contribution in [1.29, 1.82) is 0 Å². The summed E-state index contributed by atoms with van der Waals surface area (Å²) in [4.78, 5) is 13.5. The summed E-state index contributed by atoms with van der Waals surface area (Å²) in [5.74, 6) is 0.939. The maximum Gasteiger partial charge on any atom is 0.253 e. The summed E-state index contributed by atoms with van der Waals surface area (Å²) < 4.78 is 7.52. The third-order valence-corrected chi connectivity index (χ3v) is 3.00. The Balaban J connectivity index is 2.26. The summed E-state index contributed by atoms with van der Waals surface area (Å²) in [6.45, 7) is 4.06. The minimum atomic E-state index is -0.0993. The number of rotatable bonds is 4. The van der Waals surface area contributed by atoms with E-state index in [0.29, 0.717) is 22.7 Å². The smallest absolute Gasteiger partial charge is 0.253 e. The van der Waals surface area contributed by atoms with Crippen LogP contribution in [0.4, 0.5) is 5.69 Å². The molecule has 1 aromatic carbocycles. The Morgan fingerprint density at radius 3 is 2.67 bits per heavy atom. The first-order valence-electron chi connectivity index (χ1n) is 6.71. The molecule has 2 aromatic rings. The monoisotopic (exact) mass is 288 g/mol. The van der Waals surface area contributed by atoms with Crippen LogP contribution in [0.3, 0.4) is 0 Å². The summed E-state index contributed by atoms with van der Waals surface area (Å²) in [5, 5.41) is 4.20. The molecule has 2 rings (SSSR count). The molecule has 0 saturated carbocycles. The second-order valence-corrected chi connectivity index (χ2v) is 5.30. The maximum atomic E-state index is 12.0. The van der Waals surface area contributed by atoms with Crippen molar-refractivity contribution in [2.75, 3.05) is 19.8 Å². The average Bonchev–Trinajstić information content (AvgIpc) is 2.89. The van der Waals surface area contributed by atoms with Gasteiger partial charge in [0.05, 0.1) is 18.1 Å². The third-order valence-electron chi connectivity index (χ3n) is 3.00. The molecule has 0 radical (unpaired) electrons. The Bertz CT molecular complexity index is 647. The van der Waals surface area contributed by atoms with Crippen molar-refractivity contribution in [3.8, 4) is 11.5 Å². The molecular formula is C15H20N4O2. The molecule has 0 atom stereocenters. The Morgan fingerprint density at radius 2 is 2.10 bits per heavy atom. The van der Waals surface area contributed by atoms with Crippen LogP contribution in [0.2, 0.25) is 0 Å². The van der Waals surface area contributed by atoms with E-state index < -0.39 is 0 Å². The first-order chi connectivity index (χ1) is 9.88. The lowest BCUT2D eigenvalue weighted by atomic mass is 10.1. The number of carbonyl (C=O) groups is 1. The zero-order chi connectivity index (χ0) is 15.6. The van der Waals surface area contributed by atoms with Gasteiger partial charge in [-0.25, -0.2) is 0 Å². The van der Waals surface area contributed by atoms with Crippen LogP contribution in [0, 0.1) is 0 Å². The van der Waals surface area contributed by atoms with Gasteiger partial charge in [-0.05, 0) is 32.0 Å². The minimum Gasteiger partial charge on any atom is -0.452 e. The quantitative estimate of drug-likeness (QED) is 0.877. The zero-order valence-electron chi connectivity index (χ0n) is 12.7. The summed E-state index contributed by atoms with van der Waals surface area (Å²) in [5.41, 5.74) is 6.91. The van der Waals surface area contributed by atoms with E-state index in [0.717, 1.165) is 0 Å². The molecular weight excluding hydrogens is 268 g/mol. The van der Waals surface area contributed by atoms with Crippen molar-refractivity contribution in [2.24, 2.45) is 0 Å². The lowest BCUT2D eigenvalue weighted by Crippen LogP contribution is -2.21. The molecule has 1 amide bonds. The predicted molar refractivity (Wildman–Crippen MR) is 81.6 cm³/mol. The third kappa shape index (κ3) is 3.34. The number of hydrogen-bond acceptors (Lipinski definition) is 4. The highest BCUT2D eigenvalue weighted by atomic mass is 16.5. The number of amides is 1. The number of ether oxygens (including phenoxy) is 1. The van der Waals surface area contributed by atoms with Gasteiger partial charge in [0.25, 0.3) is 5.91 Å². The van der Waals surface area contributed by atoms with E-state index >= 15 is 0 Å². The molecule has 112 valence electrons. The van der Waals surface area contributed by atoms with Gasteiger partial charge in [0.15, 0.2) is 11.5 Å². The molecule has 2 N–H and O–H groups in total. The molecule has 0 aliphatic rings. The standard InChI is InChI=1S/C15H20N4O2/c1-10(2)19-9-12(8-17-19)21-14-7-11(5-6-13(14)16)15(20)18(3)4/h5-10H,16H2,1-4H3. The highest BCUT2D eigenvalue weighted by Gasteiger charge is 2.12. The fourth-order valence-electron chi connectivity index (χ4n) is 1.80. The van der Waals surface area contributed by atoms with Crippen LogP contribution in [0.15, 0.2) is 30.6 Å². The van der Waals surface area contributed by atoms with Crippen molar-refractivity contribution >= 4 is 11.6 Å². The number of carbonyl (C=O) groups excluding carboxylic acids is 1. The molecule has 21 heavy (non-hydrogen) atoms. The molecule has 0 aliphatic carbocycles. The number of benzene rings is 1. The second kappa shape index (κ2) is 5.87. The van der Waals surface area contributed by atoms with E-state index in [9.17, 15) is 4.79 Å². The molecule has 6 heteroatoms. The molecule has 0 bridgehead atoms. The molecule has 1 aromatic heterocycles. The fourth-order valence-corrected chi connectivity index (χ4v) is 1.80. The van der Waals surface area contributed by atoms with E-state index in [-0.39, 0.29) is 11.9 Å². The van der Waals surface area contributed by atoms with Crippen LogP contribution in [0.5, 0.6) is 11.5 Å². The van der Waals surface area contributed by atoms with Gasteiger partial charge in [-0.15, -0.1) is 0 Å². The lowest BCUT2D eigenvalue weighted by Gasteiger charge is -2.12. The largest absolute Gasteiger partial charge is 0.452 e. The average molecular weight is 288 g/mol. The molecule has 1 heterocycles. The van der Waals surface area contributed by atoms with Crippen molar-refractivity contribution in [3.05, 3.63) is 36.2 Å². The number of aromatic nitrogens is 2. The zero-order valence-corrected chi connectivity index (χ0v) is 12.7. The SMILES string of the molecule is CC(C)n1cc(Oc2cc(C(=O)N(C)C)ccc2N)cn1. The van der Waals surface area contributed by atoms with E-state index in [1.807, 2.05) is 13.8 Å². The molecule has 0 unspecified atom stereocenters. The van der Waals surface area contributed by atoms with Crippen molar-refractivity contribution in [3.63, 3.8) is 0 Å². The number of nitrogens with zero attached hydrogens (tertiary/aromatic N) is 3. The molecule has 0 fully saturated rings. The number of hydrogen-bond donors (Lipinski definition) is 1. The topological polar surface area (TPSA) is 73.4 Å². The Morgan fingerprint density at radius 1 is 1.38 bits per heavy atom. The van der Waals surface area contributed by atoms with E-state index in [4.69, 9.17) is 10.5 Å².